The molecule has 0 aromatic heterocycles. The lowest BCUT2D eigenvalue weighted by Crippen LogP contribution is -2.15. The molecule has 0 saturated carbocycles. The van der Waals surface area contributed by atoms with E-state index in [0.717, 1.165) is 24.3 Å². The van der Waals surface area contributed by atoms with Crippen LogP contribution >= 0.6 is 31.9 Å². The number of amidine groups is 1. The monoisotopic (exact) mass is 494 g/mol. The van der Waals surface area contributed by atoms with Gasteiger partial charge in [0.05, 0.1) is 27.2 Å². The molecule has 0 fully saturated rings. The number of nitrogens with two attached hydrogens (primary N) is 1. The number of hydrogen-bond donors (Lipinski definition) is 1. The Balaban J connectivity index is 2.15. The van der Waals surface area contributed by atoms with Gasteiger partial charge in [0.1, 0.15) is 5.75 Å². The summed E-state index contributed by atoms with van der Waals surface area (Å²) >= 11 is 6.60. The van der Waals surface area contributed by atoms with Crippen molar-refractivity contribution < 1.29 is 27.5 Å². The normalized spacial score (nSPS) is 12.0. The highest BCUT2D eigenvalue weighted by molar-refractivity contribution is 9.11. The summed E-state index contributed by atoms with van der Waals surface area (Å²) in [6.45, 7) is 0. The predicted molar refractivity (Wildman–Crippen MR) is 96.0 cm³/mol. The number of halogens is 5. The lowest BCUT2D eigenvalue weighted by Gasteiger charge is -2.09. The molecule has 138 valence electrons. The minimum Gasteiger partial charge on any atom is -0.494 e. The molecule has 0 radical (unpaired) electrons. The lowest BCUT2D eigenvalue weighted by atomic mass is 10.1. The van der Waals surface area contributed by atoms with Gasteiger partial charge in [-0.1, -0.05) is 5.16 Å². The molecule has 5 nitrogen and oxygen atoms in total. The third kappa shape index (κ3) is 4.76. The Morgan fingerprint density at radius 2 is 1.62 bits per heavy atom. The maximum atomic E-state index is 12.5. The highest BCUT2D eigenvalue weighted by Crippen LogP contribution is 2.34. The van der Waals surface area contributed by atoms with Crippen LogP contribution < -0.4 is 10.5 Å². The van der Waals surface area contributed by atoms with Crippen LogP contribution in [0.15, 0.2) is 50.5 Å². The Bertz CT molecular complexity index is 830. The maximum Gasteiger partial charge on any atom is 0.416 e. The smallest absolute Gasteiger partial charge is 0.416 e. The molecule has 0 aliphatic rings. The number of hydrogen-bond acceptors (Lipinski definition) is 4. The number of oxime groups is 1. The van der Waals surface area contributed by atoms with E-state index in [1.165, 1.54) is 7.11 Å². The van der Waals surface area contributed by atoms with E-state index in [9.17, 15) is 18.0 Å². The Morgan fingerprint density at radius 3 is 2.08 bits per heavy atom. The molecule has 0 aliphatic carbocycles. The van der Waals surface area contributed by atoms with Crippen LogP contribution in [0.4, 0.5) is 13.2 Å². The summed E-state index contributed by atoms with van der Waals surface area (Å²) in [5.74, 6) is -0.495. The van der Waals surface area contributed by atoms with Crippen molar-refractivity contribution in [1.82, 2.24) is 0 Å². The van der Waals surface area contributed by atoms with Gasteiger partial charge >= 0.3 is 12.1 Å². The molecule has 0 atom stereocenters. The minimum atomic E-state index is -4.49. The largest absolute Gasteiger partial charge is 0.494 e. The molecule has 2 aromatic carbocycles. The van der Waals surface area contributed by atoms with Crippen molar-refractivity contribution in [2.45, 2.75) is 6.18 Å². The molecule has 0 aliphatic heterocycles. The number of rotatable bonds is 4. The zero-order valence-corrected chi connectivity index (χ0v) is 16.3. The number of ether oxygens (including phenoxy) is 1. The van der Waals surface area contributed by atoms with Crippen molar-refractivity contribution in [1.29, 1.82) is 0 Å². The molecule has 0 spiro atoms. The van der Waals surface area contributed by atoms with E-state index >= 15 is 0 Å². The van der Waals surface area contributed by atoms with Crippen molar-refractivity contribution in [3.8, 4) is 5.75 Å². The third-order valence-electron chi connectivity index (χ3n) is 3.17. The molecule has 0 saturated heterocycles. The van der Waals surface area contributed by atoms with E-state index in [4.69, 9.17) is 10.5 Å². The summed E-state index contributed by atoms with van der Waals surface area (Å²) in [4.78, 5) is 16.6. The number of methoxy groups -OCH3 is 1. The van der Waals surface area contributed by atoms with Crippen LogP contribution in [0.1, 0.15) is 21.5 Å². The van der Waals surface area contributed by atoms with Crippen molar-refractivity contribution in [3.63, 3.8) is 0 Å². The van der Waals surface area contributed by atoms with Gasteiger partial charge in [-0.3, -0.25) is 0 Å². The Kier molecular flexibility index (Phi) is 6.30. The molecule has 0 heterocycles. The maximum absolute atomic E-state index is 12.5. The molecule has 2 rings (SSSR count). The van der Waals surface area contributed by atoms with E-state index in [1.807, 2.05) is 0 Å². The van der Waals surface area contributed by atoms with Gasteiger partial charge in [0.15, 0.2) is 5.84 Å². The summed E-state index contributed by atoms with van der Waals surface area (Å²) in [5, 5.41) is 3.52. The first-order valence-corrected chi connectivity index (χ1v) is 8.47. The molecule has 0 amide bonds. The van der Waals surface area contributed by atoms with Crippen LogP contribution in [-0.4, -0.2) is 18.9 Å². The zero-order chi connectivity index (χ0) is 19.5. The van der Waals surface area contributed by atoms with Crippen LogP contribution in [-0.2, 0) is 11.0 Å². The Labute approximate surface area is 163 Å². The van der Waals surface area contributed by atoms with E-state index in [-0.39, 0.29) is 11.4 Å². The van der Waals surface area contributed by atoms with Crippen LogP contribution in [0.25, 0.3) is 0 Å². The van der Waals surface area contributed by atoms with Crippen LogP contribution in [0.5, 0.6) is 5.75 Å². The van der Waals surface area contributed by atoms with Gasteiger partial charge in [-0.05, 0) is 68.3 Å². The van der Waals surface area contributed by atoms with Crippen molar-refractivity contribution in [2.24, 2.45) is 10.9 Å². The fourth-order valence-electron chi connectivity index (χ4n) is 1.89. The van der Waals surface area contributed by atoms with Crippen LogP contribution in [0, 0.1) is 0 Å². The van der Waals surface area contributed by atoms with Gasteiger partial charge in [-0.2, -0.15) is 13.2 Å². The summed E-state index contributed by atoms with van der Waals surface area (Å²) in [6.07, 6.45) is -4.49. The number of carbonyl (C=O) groups excluding carboxylic acids is 1. The molecule has 26 heavy (non-hydrogen) atoms. The van der Waals surface area contributed by atoms with Crippen LogP contribution in [0.2, 0.25) is 0 Å². The first kappa shape index (κ1) is 20.2. The second-order valence-corrected chi connectivity index (χ2v) is 6.61. The Morgan fingerprint density at radius 1 is 1.08 bits per heavy atom. The predicted octanol–water partition coefficient (Wildman–Crippen LogP) is 4.72. The number of nitrogens with zero attached hydrogens (tertiary/aromatic N) is 1. The summed E-state index contributed by atoms with van der Waals surface area (Å²) in [5.41, 5.74) is 5.25. The number of carbonyl (C=O) groups is 1. The average molecular weight is 496 g/mol. The van der Waals surface area contributed by atoms with Gasteiger partial charge in [0.25, 0.3) is 0 Å². The molecular formula is C16H11Br2F3N2O3. The zero-order valence-electron chi connectivity index (χ0n) is 13.1. The molecular weight excluding hydrogens is 485 g/mol. The second-order valence-electron chi connectivity index (χ2n) is 4.90. The van der Waals surface area contributed by atoms with Crippen molar-refractivity contribution in [3.05, 3.63) is 62.0 Å². The minimum absolute atomic E-state index is 0.0911. The van der Waals surface area contributed by atoms with Gasteiger partial charge in [-0.15, -0.1) is 0 Å². The van der Waals surface area contributed by atoms with Gasteiger partial charge < -0.3 is 15.3 Å². The molecule has 2 N–H and O–H groups in total. The topological polar surface area (TPSA) is 73.9 Å². The molecule has 0 unspecified atom stereocenters. The van der Waals surface area contributed by atoms with Crippen LogP contribution in [0.3, 0.4) is 0 Å². The average Bonchev–Trinajstić information content (AvgIpc) is 2.58. The van der Waals surface area contributed by atoms with Crippen molar-refractivity contribution in [2.75, 3.05) is 7.11 Å². The fraction of sp³-hybridized carbons (Fsp3) is 0.125. The highest BCUT2D eigenvalue weighted by atomic mass is 79.9. The van der Waals surface area contributed by atoms with E-state index in [1.54, 1.807) is 12.1 Å². The molecule has 0 bridgehead atoms. The molecule has 2 aromatic rings. The number of benzene rings is 2. The third-order valence-corrected chi connectivity index (χ3v) is 4.35. The van der Waals surface area contributed by atoms with E-state index in [0.29, 0.717) is 20.3 Å². The van der Waals surface area contributed by atoms with E-state index < -0.39 is 17.7 Å². The second kappa shape index (κ2) is 8.09. The fourth-order valence-corrected chi connectivity index (χ4v) is 3.40. The SMILES string of the molecule is COc1c(Br)cc(C(N)=NOC(=O)c2ccc(C(F)(F)F)cc2)cc1Br. The standard InChI is InChI=1S/C16H11Br2F3N2O3/c1-25-13-11(17)6-9(7-12(13)18)14(22)23-26-15(24)8-2-4-10(5-3-8)16(19,20)21/h2-7H,1H3,(H2,22,23). The Hall–Kier alpha value is -2.07. The first-order valence-electron chi connectivity index (χ1n) is 6.89. The highest BCUT2D eigenvalue weighted by Gasteiger charge is 2.30. The van der Waals surface area contributed by atoms with E-state index in [2.05, 4.69) is 41.9 Å². The molecule has 10 heteroatoms. The summed E-state index contributed by atoms with van der Waals surface area (Å²) in [7, 11) is 1.49. The first-order chi connectivity index (χ1) is 12.1. The quantitative estimate of drug-likeness (QED) is 0.288. The van der Waals surface area contributed by atoms with Gasteiger partial charge in [0, 0.05) is 5.56 Å². The van der Waals surface area contributed by atoms with Gasteiger partial charge in [0.2, 0.25) is 0 Å². The summed E-state index contributed by atoms with van der Waals surface area (Å²) in [6, 6.07) is 6.76. The number of alkyl halides is 3. The van der Waals surface area contributed by atoms with Gasteiger partial charge in [-0.25, -0.2) is 4.79 Å². The lowest BCUT2D eigenvalue weighted by molar-refractivity contribution is -0.137. The van der Waals surface area contributed by atoms with Crippen molar-refractivity contribution >= 4 is 43.7 Å². The summed E-state index contributed by atoms with van der Waals surface area (Å²) < 4.78 is 43.9.